The maximum Gasteiger partial charge on any atom is 0.236 e. The largest absolute Gasteiger partial charge is 0.341 e. The molecule has 0 bridgehead atoms. The molecule has 3 heteroatoms. The molecule has 0 spiro atoms. The molecule has 0 atom stereocenters. The smallest absolute Gasteiger partial charge is 0.236 e. The molecule has 1 aliphatic heterocycles. The van der Waals surface area contributed by atoms with Gasteiger partial charge in [-0.2, -0.15) is 0 Å². The van der Waals surface area contributed by atoms with E-state index in [1.807, 2.05) is 4.90 Å². The molecule has 11 heavy (non-hydrogen) atoms. The van der Waals surface area contributed by atoms with Crippen molar-refractivity contribution in [2.24, 2.45) is 5.92 Å². The molecule has 1 aliphatic rings. The first-order valence-corrected chi connectivity index (χ1v) is 4.20. The van der Waals surface area contributed by atoms with E-state index in [9.17, 15) is 4.79 Å². The molecule has 64 valence electrons. The summed E-state index contributed by atoms with van der Waals surface area (Å²) in [5.74, 6) is 0.994. The Morgan fingerprint density at radius 2 is 2.27 bits per heavy atom. The summed E-state index contributed by atoms with van der Waals surface area (Å²) in [6, 6.07) is 0. The van der Waals surface area contributed by atoms with E-state index in [1.54, 1.807) is 7.05 Å². The number of nitrogens with zero attached hydrogens (tertiary/aromatic N) is 1. The number of nitrogens with one attached hydrogen (secondary N) is 1. The Morgan fingerprint density at radius 1 is 1.64 bits per heavy atom. The molecule has 3 nitrogen and oxygen atoms in total. The standard InChI is InChI=1S/C8H16N2O/c1-3-7-5-10(6-7)8(11)4-9-2/h7,9H,3-6H2,1-2H3. The van der Waals surface area contributed by atoms with Gasteiger partial charge in [0, 0.05) is 13.1 Å². The van der Waals surface area contributed by atoms with Crippen LogP contribution in [0, 0.1) is 5.92 Å². The van der Waals surface area contributed by atoms with Gasteiger partial charge in [0.2, 0.25) is 5.91 Å². The molecule has 1 fully saturated rings. The Balaban J connectivity index is 2.16. The quantitative estimate of drug-likeness (QED) is 0.627. The van der Waals surface area contributed by atoms with Crippen LogP contribution in [0.15, 0.2) is 0 Å². The number of hydrogen-bond acceptors (Lipinski definition) is 2. The fourth-order valence-electron chi connectivity index (χ4n) is 1.29. The third-order valence-electron chi connectivity index (χ3n) is 2.22. The summed E-state index contributed by atoms with van der Waals surface area (Å²) in [4.78, 5) is 13.1. The summed E-state index contributed by atoms with van der Waals surface area (Å²) >= 11 is 0. The normalized spacial score (nSPS) is 18.2. The molecular formula is C8H16N2O. The average Bonchev–Trinajstić information content (AvgIpc) is 1.86. The Labute approximate surface area is 67.8 Å². The lowest BCUT2D eigenvalue weighted by Gasteiger charge is -2.38. The second-order valence-electron chi connectivity index (χ2n) is 3.10. The Kier molecular flexibility index (Phi) is 2.88. The summed E-state index contributed by atoms with van der Waals surface area (Å²) in [6.45, 7) is 4.59. The summed E-state index contributed by atoms with van der Waals surface area (Å²) in [5, 5.41) is 2.86. The van der Waals surface area contributed by atoms with Crippen molar-refractivity contribution in [2.75, 3.05) is 26.7 Å². The van der Waals surface area contributed by atoms with Gasteiger partial charge < -0.3 is 10.2 Å². The molecule has 1 rings (SSSR count). The summed E-state index contributed by atoms with van der Waals surface area (Å²) in [6.07, 6.45) is 1.20. The van der Waals surface area contributed by atoms with Crippen LogP contribution in [0.4, 0.5) is 0 Å². The van der Waals surface area contributed by atoms with E-state index in [0.717, 1.165) is 19.0 Å². The predicted molar refractivity (Wildman–Crippen MR) is 44.3 cm³/mol. The van der Waals surface area contributed by atoms with Gasteiger partial charge in [-0.25, -0.2) is 0 Å². The van der Waals surface area contributed by atoms with Gasteiger partial charge in [-0.05, 0) is 19.4 Å². The number of hydrogen-bond donors (Lipinski definition) is 1. The van der Waals surface area contributed by atoms with Gasteiger partial charge in [0.05, 0.1) is 6.54 Å². The minimum Gasteiger partial charge on any atom is -0.341 e. The van der Waals surface area contributed by atoms with Gasteiger partial charge in [0.1, 0.15) is 0 Å². The minimum atomic E-state index is 0.234. The molecule has 0 aromatic rings. The van der Waals surface area contributed by atoms with Crippen LogP contribution in [0.1, 0.15) is 13.3 Å². The van der Waals surface area contributed by atoms with Crippen molar-refractivity contribution in [1.82, 2.24) is 10.2 Å². The van der Waals surface area contributed by atoms with Crippen LogP contribution in [0.25, 0.3) is 0 Å². The highest BCUT2D eigenvalue weighted by molar-refractivity contribution is 5.78. The highest BCUT2D eigenvalue weighted by Gasteiger charge is 2.28. The van der Waals surface area contributed by atoms with Crippen LogP contribution in [0.3, 0.4) is 0 Å². The van der Waals surface area contributed by atoms with Gasteiger partial charge in [0.15, 0.2) is 0 Å². The molecule has 0 aromatic heterocycles. The van der Waals surface area contributed by atoms with Crippen LogP contribution < -0.4 is 5.32 Å². The van der Waals surface area contributed by atoms with E-state index in [1.165, 1.54) is 6.42 Å². The highest BCUT2D eigenvalue weighted by Crippen LogP contribution is 2.17. The molecule has 1 N–H and O–H groups in total. The third kappa shape index (κ3) is 1.93. The summed E-state index contributed by atoms with van der Waals surface area (Å²) in [7, 11) is 1.80. The molecule has 0 radical (unpaired) electrons. The molecular weight excluding hydrogens is 140 g/mol. The van der Waals surface area contributed by atoms with Crippen LogP contribution in [0.2, 0.25) is 0 Å². The molecule has 0 aromatic carbocycles. The maximum atomic E-state index is 11.2. The summed E-state index contributed by atoms with van der Waals surface area (Å²) < 4.78 is 0. The van der Waals surface area contributed by atoms with Gasteiger partial charge in [0.25, 0.3) is 0 Å². The van der Waals surface area contributed by atoms with Crippen LogP contribution in [-0.4, -0.2) is 37.5 Å². The maximum absolute atomic E-state index is 11.2. The Bertz CT molecular complexity index is 141. The first-order chi connectivity index (χ1) is 5.27. The SMILES string of the molecule is CCC1CN(C(=O)CNC)C1. The van der Waals surface area contributed by atoms with Crippen LogP contribution in [-0.2, 0) is 4.79 Å². The van der Waals surface area contributed by atoms with Crippen LogP contribution in [0.5, 0.6) is 0 Å². The third-order valence-corrected chi connectivity index (χ3v) is 2.22. The lowest BCUT2D eigenvalue weighted by Crippen LogP contribution is -2.51. The summed E-state index contributed by atoms with van der Waals surface area (Å²) in [5.41, 5.74) is 0. The van der Waals surface area contributed by atoms with Crippen molar-refractivity contribution in [3.05, 3.63) is 0 Å². The molecule has 1 amide bonds. The molecule has 0 aliphatic carbocycles. The number of carbonyl (C=O) groups excluding carboxylic acids is 1. The van der Waals surface area contributed by atoms with Crippen molar-refractivity contribution >= 4 is 5.91 Å². The fourth-order valence-corrected chi connectivity index (χ4v) is 1.29. The lowest BCUT2D eigenvalue weighted by molar-refractivity contribution is -0.136. The number of amides is 1. The van der Waals surface area contributed by atoms with E-state index in [4.69, 9.17) is 0 Å². The number of likely N-dealkylation sites (N-methyl/N-ethyl adjacent to an activating group) is 1. The number of likely N-dealkylation sites (tertiary alicyclic amines) is 1. The van der Waals surface area contributed by atoms with Gasteiger partial charge in [-0.1, -0.05) is 6.92 Å². The van der Waals surface area contributed by atoms with E-state index in [-0.39, 0.29) is 5.91 Å². The molecule has 1 saturated heterocycles. The van der Waals surface area contributed by atoms with Gasteiger partial charge in [-0.3, -0.25) is 4.79 Å². The van der Waals surface area contributed by atoms with E-state index in [0.29, 0.717) is 6.54 Å². The van der Waals surface area contributed by atoms with Crippen molar-refractivity contribution < 1.29 is 4.79 Å². The monoisotopic (exact) mass is 156 g/mol. The average molecular weight is 156 g/mol. The zero-order valence-corrected chi connectivity index (χ0v) is 7.26. The first-order valence-electron chi connectivity index (χ1n) is 4.20. The molecule has 0 saturated carbocycles. The van der Waals surface area contributed by atoms with E-state index < -0.39 is 0 Å². The second-order valence-corrected chi connectivity index (χ2v) is 3.10. The van der Waals surface area contributed by atoms with Gasteiger partial charge >= 0.3 is 0 Å². The van der Waals surface area contributed by atoms with Crippen molar-refractivity contribution in [3.63, 3.8) is 0 Å². The minimum absolute atomic E-state index is 0.234. The zero-order chi connectivity index (χ0) is 8.27. The second kappa shape index (κ2) is 3.72. The zero-order valence-electron chi connectivity index (χ0n) is 7.26. The van der Waals surface area contributed by atoms with Crippen molar-refractivity contribution in [1.29, 1.82) is 0 Å². The number of rotatable bonds is 3. The first kappa shape index (κ1) is 8.53. The number of carbonyl (C=O) groups is 1. The van der Waals surface area contributed by atoms with E-state index >= 15 is 0 Å². The topological polar surface area (TPSA) is 32.3 Å². The molecule has 0 unspecified atom stereocenters. The van der Waals surface area contributed by atoms with Crippen LogP contribution >= 0.6 is 0 Å². The van der Waals surface area contributed by atoms with E-state index in [2.05, 4.69) is 12.2 Å². The molecule has 1 heterocycles. The Hall–Kier alpha value is -0.570. The fraction of sp³-hybridized carbons (Fsp3) is 0.875. The van der Waals surface area contributed by atoms with Crippen molar-refractivity contribution in [2.45, 2.75) is 13.3 Å². The Morgan fingerprint density at radius 3 is 2.73 bits per heavy atom. The van der Waals surface area contributed by atoms with Gasteiger partial charge in [-0.15, -0.1) is 0 Å². The van der Waals surface area contributed by atoms with Crippen molar-refractivity contribution in [3.8, 4) is 0 Å². The lowest BCUT2D eigenvalue weighted by atomic mass is 9.97. The highest BCUT2D eigenvalue weighted by atomic mass is 16.2. The predicted octanol–water partition coefficient (Wildman–Crippen LogP) is 0.0742.